The van der Waals surface area contributed by atoms with Crippen molar-refractivity contribution in [3.05, 3.63) is 88.2 Å². The molecule has 1 heterocycles. The van der Waals surface area contributed by atoms with Gasteiger partial charge in [0.15, 0.2) is 12.4 Å². The van der Waals surface area contributed by atoms with Gasteiger partial charge in [-0.2, -0.15) is 0 Å². The van der Waals surface area contributed by atoms with Crippen LogP contribution in [0.1, 0.15) is 36.7 Å². The first-order valence-electron chi connectivity index (χ1n) is 9.72. The molecule has 2 aromatic carbocycles. The highest BCUT2D eigenvalue weighted by Crippen LogP contribution is 2.21. The fraction of sp³-hybridized carbons (Fsp3) is 0.208. The Labute approximate surface area is 180 Å². The van der Waals surface area contributed by atoms with E-state index in [9.17, 15) is 14.4 Å². The van der Waals surface area contributed by atoms with E-state index in [0.717, 1.165) is 0 Å². The maximum absolute atomic E-state index is 12.8. The number of aromatic nitrogens is 1. The van der Waals surface area contributed by atoms with E-state index < -0.39 is 11.6 Å². The summed E-state index contributed by atoms with van der Waals surface area (Å²) in [7, 11) is 0. The molecule has 0 saturated heterocycles. The standard InChI is InChI=1S/C24H24N2O5/c1-24(2,3)31-21(28)15-30-18-11-9-17(10-12-18)26-20(27)14-13-19(23(26)25)22(29)16-7-5-4-6-8-16/h4-14H,15,25H2,1-3H3. The van der Waals surface area contributed by atoms with Crippen molar-refractivity contribution in [2.24, 2.45) is 0 Å². The van der Waals surface area contributed by atoms with Crippen LogP contribution in [0.4, 0.5) is 5.82 Å². The zero-order valence-corrected chi connectivity index (χ0v) is 17.6. The highest BCUT2D eigenvalue weighted by molar-refractivity contribution is 6.11. The molecule has 7 nitrogen and oxygen atoms in total. The summed E-state index contributed by atoms with van der Waals surface area (Å²) in [6.45, 7) is 5.09. The minimum absolute atomic E-state index is 0.0452. The lowest BCUT2D eigenvalue weighted by Gasteiger charge is -2.19. The summed E-state index contributed by atoms with van der Waals surface area (Å²) in [4.78, 5) is 37.1. The molecule has 0 radical (unpaired) electrons. The van der Waals surface area contributed by atoms with Crippen molar-refractivity contribution < 1.29 is 19.1 Å². The van der Waals surface area contributed by atoms with Gasteiger partial charge in [-0.25, -0.2) is 4.79 Å². The third-order valence-corrected chi connectivity index (χ3v) is 4.28. The average molecular weight is 420 g/mol. The van der Waals surface area contributed by atoms with E-state index in [1.54, 1.807) is 69.3 Å². The number of pyridine rings is 1. The Morgan fingerprint density at radius 3 is 2.19 bits per heavy atom. The zero-order chi connectivity index (χ0) is 22.6. The number of anilines is 1. The molecule has 0 fully saturated rings. The lowest BCUT2D eigenvalue weighted by molar-refractivity contribution is -0.157. The van der Waals surface area contributed by atoms with Crippen molar-refractivity contribution in [2.45, 2.75) is 26.4 Å². The van der Waals surface area contributed by atoms with Crippen LogP contribution in [0.15, 0.2) is 71.5 Å². The highest BCUT2D eigenvalue weighted by atomic mass is 16.6. The van der Waals surface area contributed by atoms with Crippen LogP contribution in [0.25, 0.3) is 5.69 Å². The number of esters is 1. The second kappa shape index (κ2) is 8.87. The Morgan fingerprint density at radius 1 is 0.935 bits per heavy atom. The van der Waals surface area contributed by atoms with Crippen LogP contribution in [0.3, 0.4) is 0 Å². The third kappa shape index (κ3) is 5.39. The van der Waals surface area contributed by atoms with Gasteiger partial charge in [0.25, 0.3) is 5.56 Å². The first-order chi connectivity index (χ1) is 14.7. The number of nitrogen functional groups attached to an aromatic ring is 1. The van der Waals surface area contributed by atoms with Gasteiger partial charge in [-0.1, -0.05) is 30.3 Å². The van der Waals surface area contributed by atoms with Gasteiger partial charge in [0.1, 0.15) is 17.2 Å². The lowest BCUT2D eigenvalue weighted by atomic mass is 10.0. The molecule has 1 aromatic heterocycles. The average Bonchev–Trinajstić information content (AvgIpc) is 2.72. The SMILES string of the molecule is CC(C)(C)OC(=O)COc1ccc(-n2c(N)c(C(=O)c3ccccc3)ccc2=O)cc1. The van der Waals surface area contributed by atoms with Crippen molar-refractivity contribution in [1.82, 2.24) is 4.57 Å². The van der Waals surface area contributed by atoms with Crippen molar-refractivity contribution in [3.8, 4) is 11.4 Å². The molecule has 7 heteroatoms. The second-order valence-electron chi connectivity index (χ2n) is 7.87. The third-order valence-electron chi connectivity index (χ3n) is 4.28. The number of nitrogens with two attached hydrogens (primary N) is 1. The Hall–Kier alpha value is -3.87. The normalized spacial score (nSPS) is 11.1. The van der Waals surface area contributed by atoms with Gasteiger partial charge >= 0.3 is 5.97 Å². The van der Waals surface area contributed by atoms with E-state index in [-0.39, 0.29) is 29.3 Å². The van der Waals surface area contributed by atoms with Crippen LogP contribution in [0.5, 0.6) is 5.75 Å². The molecule has 0 aliphatic rings. The van der Waals surface area contributed by atoms with Crippen molar-refractivity contribution in [1.29, 1.82) is 0 Å². The molecule has 0 spiro atoms. The summed E-state index contributed by atoms with van der Waals surface area (Å²) in [6, 6.07) is 17.9. The van der Waals surface area contributed by atoms with Crippen LogP contribution < -0.4 is 16.0 Å². The summed E-state index contributed by atoms with van der Waals surface area (Å²) in [5, 5.41) is 0. The first kappa shape index (κ1) is 21.8. The summed E-state index contributed by atoms with van der Waals surface area (Å²) in [5.74, 6) is -0.283. The Bertz CT molecular complexity index is 1140. The Kier molecular flexibility index (Phi) is 6.25. The topological polar surface area (TPSA) is 101 Å². The van der Waals surface area contributed by atoms with Gasteiger partial charge < -0.3 is 15.2 Å². The first-order valence-corrected chi connectivity index (χ1v) is 9.72. The maximum Gasteiger partial charge on any atom is 0.344 e. The van der Waals surface area contributed by atoms with Crippen LogP contribution in [0.2, 0.25) is 0 Å². The molecule has 0 aliphatic heterocycles. The zero-order valence-electron chi connectivity index (χ0n) is 17.6. The van der Waals surface area contributed by atoms with Crippen molar-refractivity contribution in [3.63, 3.8) is 0 Å². The number of rotatable bonds is 6. The smallest absolute Gasteiger partial charge is 0.344 e. The lowest BCUT2D eigenvalue weighted by Crippen LogP contribution is -2.27. The number of carbonyl (C=O) groups is 2. The molecule has 0 bridgehead atoms. The van der Waals surface area contributed by atoms with E-state index in [2.05, 4.69) is 0 Å². The fourth-order valence-corrected chi connectivity index (χ4v) is 2.96. The summed E-state index contributed by atoms with van der Waals surface area (Å²) in [6.07, 6.45) is 0. The number of hydrogen-bond donors (Lipinski definition) is 1. The van der Waals surface area contributed by atoms with Crippen molar-refractivity contribution in [2.75, 3.05) is 12.3 Å². The molecule has 0 atom stereocenters. The van der Waals surface area contributed by atoms with E-state index in [4.69, 9.17) is 15.2 Å². The summed E-state index contributed by atoms with van der Waals surface area (Å²) < 4.78 is 11.9. The summed E-state index contributed by atoms with van der Waals surface area (Å²) in [5.41, 5.74) is 6.41. The molecular formula is C24H24N2O5. The van der Waals surface area contributed by atoms with Crippen LogP contribution in [-0.2, 0) is 9.53 Å². The van der Waals surface area contributed by atoms with E-state index in [1.165, 1.54) is 16.7 Å². The van der Waals surface area contributed by atoms with Gasteiger partial charge in [0.2, 0.25) is 0 Å². The highest BCUT2D eigenvalue weighted by Gasteiger charge is 2.18. The molecule has 2 N–H and O–H groups in total. The number of ether oxygens (including phenoxy) is 2. The van der Waals surface area contributed by atoms with Crippen molar-refractivity contribution >= 4 is 17.6 Å². The number of benzene rings is 2. The molecule has 0 unspecified atom stereocenters. The molecular weight excluding hydrogens is 396 g/mol. The van der Waals surface area contributed by atoms with E-state index in [0.29, 0.717) is 17.0 Å². The summed E-state index contributed by atoms with van der Waals surface area (Å²) >= 11 is 0. The molecule has 31 heavy (non-hydrogen) atoms. The molecule has 0 amide bonds. The minimum atomic E-state index is -0.592. The second-order valence-corrected chi connectivity index (χ2v) is 7.87. The van der Waals surface area contributed by atoms with Gasteiger partial charge in [-0.15, -0.1) is 0 Å². The van der Waals surface area contributed by atoms with E-state index in [1.807, 2.05) is 6.07 Å². The van der Waals surface area contributed by atoms with Gasteiger partial charge in [-0.3, -0.25) is 14.2 Å². The quantitative estimate of drug-likeness (QED) is 0.485. The molecule has 3 aromatic rings. The van der Waals surface area contributed by atoms with Gasteiger partial charge in [0.05, 0.1) is 11.3 Å². The van der Waals surface area contributed by atoms with Crippen LogP contribution in [0, 0.1) is 0 Å². The van der Waals surface area contributed by atoms with Crippen LogP contribution in [-0.4, -0.2) is 28.5 Å². The molecule has 3 rings (SSSR count). The predicted molar refractivity (Wildman–Crippen MR) is 118 cm³/mol. The fourth-order valence-electron chi connectivity index (χ4n) is 2.96. The Balaban J connectivity index is 1.82. The monoisotopic (exact) mass is 420 g/mol. The van der Waals surface area contributed by atoms with E-state index >= 15 is 0 Å². The maximum atomic E-state index is 12.8. The molecule has 160 valence electrons. The van der Waals surface area contributed by atoms with Crippen LogP contribution >= 0.6 is 0 Å². The largest absolute Gasteiger partial charge is 0.482 e. The number of hydrogen-bond acceptors (Lipinski definition) is 6. The number of nitrogens with zero attached hydrogens (tertiary/aromatic N) is 1. The van der Waals surface area contributed by atoms with Gasteiger partial charge in [0, 0.05) is 11.6 Å². The molecule has 0 saturated carbocycles. The number of carbonyl (C=O) groups excluding carboxylic acids is 2. The number of ketones is 1. The minimum Gasteiger partial charge on any atom is -0.482 e. The Morgan fingerprint density at radius 2 is 1.58 bits per heavy atom. The predicted octanol–water partition coefficient (Wildman–Crippen LogP) is 3.37. The molecule has 0 aliphatic carbocycles. The van der Waals surface area contributed by atoms with Gasteiger partial charge in [-0.05, 0) is 51.1 Å².